The Balaban J connectivity index is 2.68. The van der Waals surface area contributed by atoms with Gasteiger partial charge in [-0.2, -0.15) is 0 Å². The minimum atomic E-state index is -0.322. The maximum absolute atomic E-state index is 10.8. The summed E-state index contributed by atoms with van der Waals surface area (Å²) in [6, 6.07) is 3.65. The number of amides is 1. The lowest BCUT2D eigenvalue weighted by atomic mass is 10.1. The van der Waals surface area contributed by atoms with Crippen LogP contribution in [0.1, 0.15) is 12.6 Å². The molecule has 0 radical (unpaired) electrons. The molecule has 4 nitrogen and oxygen atoms in total. The quantitative estimate of drug-likeness (QED) is 0.693. The molecule has 0 fully saturated rings. The Hall–Kier alpha value is -1.29. The number of carbonyl (C=O) groups excluding carboxylic acids is 1. The fraction of sp³-hybridized carbons (Fsp3) is 0.444. The average Bonchev–Trinajstić information content (AvgIpc) is 2.51. The molecule has 1 heterocycles. The van der Waals surface area contributed by atoms with Crippen molar-refractivity contribution in [2.24, 2.45) is 11.7 Å². The molecule has 1 atom stereocenters. The molecule has 1 rings (SSSR count). The summed E-state index contributed by atoms with van der Waals surface area (Å²) in [5.41, 5.74) is 5.93. The Morgan fingerprint density at radius 1 is 1.77 bits per heavy atom. The summed E-state index contributed by atoms with van der Waals surface area (Å²) in [6.07, 6.45) is 1.82. The van der Waals surface area contributed by atoms with Crippen molar-refractivity contribution in [3.05, 3.63) is 24.0 Å². The van der Waals surface area contributed by atoms with Crippen molar-refractivity contribution in [3.8, 4) is 0 Å². The first-order valence-corrected chi connectivity index (χ1v) is 4.19. The second kappa shape index (κ2) is 4.09. The lowest BCUT2D eigenvalue weighted by Crippen LogP contribution is -2.25. The molecular weight excluding hydrogens is 168 g/mol. The normalized spacial score (nSPS) is 12.8. The highest BCUT2D eigenvalue weighted by atomic mass is 16.3. The van der Waals surface area contributed by atoms with Crippen molar-refractivity contribution in [3.63, 3.8) is 0 Å². The third kappa shape index (κ3) is 2.32. The van der Waals surface area contributed by atoms with E-state index in [4.69, 9.17) is 10.8 Å². The molecule has 0 saturated heterocycles. The summed E-state index contributed by atoms with van der Waals surface area (Å²) in [4.78, 5) is 10.8. The molecule has 1 aromatic rings. The summed E-state index contributed by atoms with van der Waals surface area (Å²) in [6.45, 7) is 2.28. The number of nitrogens with two attached hydrogens (primary N) is 1. The highest BCUT2D eigenvalue weighted by molar-refractivity contribution is 5.76. The Morgan fingerprint density at radius 2 is 2.46 bits per heavy atom. The molecular formula is C9H14N2O2. The van der Waals surface area contributed by atoms with Crippen LogP contribution < -0.4 is 5.73 Å². The Morgan fingerprint density at radius 3 is 3.00 bits per heavy atom. The molecule has 0 saturated carbocycles. The van der Waals surface area contributed by atoms with Crippen LogP contribution in [0.4, 0.5) is 0 Å². The van der Waals surface area contributed by atoms with E-state index in [2.05, 4.69) is 0 Å². The first kappa shape index (κ1) is 9.80. The number of aromatic nitrogens is 1. The van der Waals surface area contributed by atoms with E-state index in [1.807, 2.05) is 22.9 Å². The van der Waals surface area contributed by atoms with Crippen molar-refractivity contribution in [2.75, 3.05) is 0 Å². The Bertz CT molecular complexity index is 294. The summed E-state index contributed by atoms with van der Waals surface area (Å²) >= 11 is 0. The first-order valence-electron chi connectivity index (χ1n) is 4.19. The largest absolute Gasteiger partial charge is 0.390 e. The van der Waals surface area contributed by atoms with Crippen LogP contribution in [0, 0.1) is 5.92 Å². The fourth-order valence-electron chi connectivity index (χ4n) is 1.16. The van der Waals surface area contributed by atoms with Gasteiger partial charge in [0.05, 0.1) is 12.5 Å². The van der Waals surface area contributed by atoms with E-state index in [-0.39, 0.29) is 18.4 Å². The molecule has 0 bridgehead atoms. The zero-order valence-corrected chi connectivity index (χ0v) is 7.60. The van der Waals surface area contributed by atoms with Crippen LogP contribution in [0.2, 0.25) is 0 Å². The number of aliphatic hydroxyl groups excluding tert-OH is 1. The molecule has 4 heteroatoms. The molecule has 1 unspecified atom stereocenters. The smallest absolute Gasteiger partial charge is 0.222 e. The van der Waals surface area contributed by atoms with Gasteiger partial charge >= 0.3 is 0 Å². The van der Waals surface area contributed by atoms with E-state index < -0.39 is 0 Å². The van der Waals surface area contributed by atoms with Crippen LogP contribution in [0.5, 0.6) is 0 Å². The molecule has 0 aliphatic rings. The Labute approximate surface area is 77.0 Å². The predicted octanol–water partition coefficient (Wildman–Crippen LogP) is 0.102. The van der Waals surface area contributed by atoms with Gasteiger partial charge in [-0.1, -0.05) is 6.92 Å². The predicted molar refractivity (Wildman–Crippen MR) is 48.7 cm³/mol. The van der Waals surface area contributed by atoms with E-state index in [0.717, 1.165) is 5.69 Å². The van der Waals surface area contributed by atoms with Crippen molar-refractivity contribution in [1.29, 1.82) is 0 Å². The number of hydrogen-bond donors (Lipinski definition) is 2. The standard InChI is InChI=1S/C9H14N2O2/c1-7(9(10)13)5-11-4-2-3-8(11)6-12/h2-4,7,12H,5-6H2,1H3,(H2,10,13). The van der Waals surface area contributed by atoms with E-state index >= 15 is 0 Å². The third-order valence-electron chi connectivity index (χ3n) is 2.04. The van der Waals surface area contributed by atoms with Gasteiger partial charge in [0, 0.05) is 18.4 Å². The van der Waals surface area contributed by atoms with Crippen molar-refractivity contribution < 1.29 is 9.90 Å². The second-order valence-electron chi connectivity index (χ2n) is 3.11. The zero-order valence-electron chi connectivity index (χ0n) is 7.60. The summed E-state index contributed by atoms with van der Waals surface area (Å²) < 4.78 is 1.83. The number of primary amides is 1. The summed E-state index contributed by atoms with van der Waals surface area (Å²) in [5, 5.41) is 8.92. The SMILES string of the molecule is CC(Cn1cccc1CO)C(N)=O. The highest BCUT2D eigenvalue weighted by Crippen LogP contribution is 2.06. The lowest BCUT2D eigenvalue weighted by molar-refractivity contribution is -0.121. The first-order chi connectivity index (χ1) is 6.15. The minimum Gasteiger partial charge on any atom is -0.390 e. The maximum Gasteiger partial charge on any atom is 0.222 e. The zero-order chi connectivity index (χ0) is 9.84. The molecule has 0 aliphatic carbocycles. The van der Waals surface area contributed by atoms with Gasteiger partial charge in [-0.15, -0.1) is 0 Å². The number of rotatable bonds is 4. The van der Waals surface area contributed by atoms with Crippen LogP contribution in [0.15, 0.2) is 18.3 Å². The van der Waals surface area contributed by atoms with Crippen LogP contribution in [0.3, 0.4) is 0 Å². The topological polar surface area (TPSA) is 68.2 Å². The lowest BCUT2D eigenvalue weighted by Gasteiger charge is -2.10. The van der Waals surface area contributed by atoms with E-state index in [0.29, 0.717) is 6.54 Å². The molecule has 0 aromatic carbocycles. The third-order valence-corrected chi connectivity index (χ3v) is 2.04. The summed E-state index contributed by atoms with van der Waals surface area (Å²) in [5.74, 6) is -0.532. The van der Waals surface area contributed by atoms with Crippen LogP contribution in [0.25, 0.3) is 0 Å². The second-order valence-corrected chi connectivity index (χ2v) is 3.11. The summed E-state index contributed by atoms with van der Waals surface area (Å²) in [7, 11) is 0. The van der Waals surface area contributed by atoms with Crippen LogP contribution >= 0.6 is 0 Å². The molecule has 72 valence electrons. The van der Waals surface area contributed by atoms with Gasteiger partial charge in [-0.25, -0.2) is 0 Å². The molecule has 0 spiro atoms. The van der Waals surface area contributed by atoms with E-state index in [9.17, 15) is 4.79 Å². The van der Waals surface area contributed by atoms with Gasteiger partial charge in [0.1, 0.15) is 0 Å². The molecule has 13 heavy (non-hydrogen) atoms. The monoisotopic (exact) mass is 182 g/mol. The van der Waals surface area contributed by atoms with E-state index in [1.165, 1.54) is 0 Å². The minimum absolute atomic E-state index is 0.0154. The molecule has 1 aromatic heterocycles. The van der Waals surface area contributed by atoms with Gasteiger partial charge in [0.25, 0.3) is 0 Å². The van der Waals surface area contributed by atoms with Gasteiger partial charge in [0.15, 0.2) is 0 Å². The molecule has 3 N–H and O–H groups in total. The maximum atomic E-state index is 10.8. The van der Waals surface area contributed by atoms with Crippen molar-refractivity contribution in [1.82, 2.24) is 4.57 Å². The van der Waals surface area contributed by atoms with Crippen LogP contribution in [-0.4, -0.2) is 15.6 Å². The number of nitrogens with zero attached hydrogens (tertiary/aromatic N) is 1. The fourth-order valence-corrected chi connectivity index (χ4v) is 1.16. The van der Waals surface area contributed by atoms with Crippen molar-refractivity contribution >= 4 is 5.91 Å². The van der Waals surface area contributed by atoms with Gasteiger partial charge < -0.3 is 15.4 Å². The average molecular weight is 182 g/mol. The number of hydrogen-bond acceptors (Lipinski definition) is 2. The van der Waals surface area contributed by atoms with Crippen LogP contribution in [-0.2, 0) is 17.9 Å². The highest BCUT2D eigenvalue weighted by Gasteiger charge is 2.10. The Kier molecular flexibility index (Phi) is 3.08. The van der Waals surface area contributed by atoms with Crippen molar-refractivity contribution in [2.45, 2.75) is 20.1 Å². The number of aliphatic hydroxyl groups is 1. The number of carbonyl (C=O) groups is 1. The van der Waals surface area contributed by atoms with Gasteiger partial charge in [-0.3, -0.25) is 4.79 Å². The molecule has 1 amide bonds. The van der Waals surface area contributed by atoms with E-state index in [1.54, 1.807) is 6.92 Å². The molecule has 0 aliphatic heterocycles. The van der Waals surface area contributed by atoms with Gasteiger partial charge in [-0.05, 0) is 12.1 Å². The van der Waals surface area contributed by atoms with Gasteiger partial charge in [0.2, 0.25) is 5.91 Å².